The van der Waals surface area contributed by atoms with Crippen molar-refractivity contribution in [1.29, 1.82) is 5.26 Å². The van der Waals surface area contributed by atoms with Gasteiger partial charge in [0.2, 0.25) is 5.91 Å². The second-order valence-electron chi connectivity index (χ2n) is 5.67. The predicted molar refractivity (Wildman–Crippen MR) is 93.0 cm³/mol. The molecular weight excluding hydrogens is 340 g/mol. The number of carbonyl (C=O) groups excluding carboxylic acids is 1. The summed E-state index contributed by atoms with van der Waals surface area (Å²) in [5.74, 6) is -0.513. The minimum absolute atomic E-state index is 0.0331. The average molecular weight is 355 g/mol. The third-order valence-electron chi connectivity index (χ3n) is 4.13. The molecule has 26 heavy (non-hydrogen) atoms. The Labute approximate surface area is 148 Å². The van der Waals surface area contributed by atoms with Crippen LogP contribution in [0.25, 0.3) is 22.2 Å². The van der Waals surface area contributed by atoms with E-state index >= 15 is 0 Å². The maximum absolute atomic E-state index is 12.6. The smallest absolute Gasteiger partial charge is 0.387 e. The third-order valence-corrected chi connectivity index (χ3v) is 4.13. The van der Waals surface area contributed by atoms with Crippen molar-refractivity contribution in [3.8, 4) is 23.1 Å². The van der Waals surface area contributed by atoms with Crippen molar-refractivity contribution in [3.63, 3.8) is 0 Å². The molecule has 1 amide bonds. The largest absolute Gasteiger partial charge is 0.435 e. The predicted octanol–water partition coefficient (Wildman–Crippen LogP) is 3.97. The number of rotatable bonds is 5. The molecule has 0 aliphatic heterocycles. The number of aromatic amines is 1. The number of hydrogen-bond donors (Lipinski definition) is 2. The first-order valence-corrected chi connectivity index (χ1v) is 7.88. The second-order valence-corrected chi connectivity index (χ2v) is 5.67. The number of aromatic nitrogens is 1. The van der Waals surface area contributed by atoms with Crippen molar-refractivity contribution in [2.75, 3.05) is 0 Å². The first-order valence-electron chi connectivity index (χ1n) is 7.88. The number of primary amides is 1. The van der Waals surface area contributed by atoms with Crippen molar-refractivity contribution < 1.29 is 18.3 Å². The number of nitriles is 1. The fourth-order valence-corrected chi connectivity index (χ4v) is 2.97. The summed E-state index contributed by atoms with van der Waals surface area (Å²) in [6, 6.07) is 11.6. The Kier molecular flexibility index (Phi) is 4.59. The summed E-state index contributed by atoms with van der Waals surface area (Å²) in [6.45, 7) is -1.06. The van der Waals surface area contributed by atoms with Crippen LogP contribution in [0.15, 0.2) is 36.4 Å². The Bertz CT molecular complexity index is 1020. The fraction of sp³-hybridized carbons (Fsp3) is 0.158. The van der Waals surface area contributed by atoms with Crippen LogP contribution in [0.3, 0.4) is 0 Å². The summed E-state index contributed by atoms with van der Waals surface area (Å²) in [7, 11) is 0. The number of nitrogens with two attached hydrogens (primary N) is 1. The number of nitrogens with zero attached hydrogens (tertiary/aromatic N) is 1. The molecule has 0 atom stereocenters. The van der Waals surface area contributed by atoms with Gasteiger partial charge in [-0.05, 0) is 35.7 Å². The second kappa shape index (κ2) is 6.84. The first kappa shape index (κ1) is 17.4. The summed E-state index contributed by atoms with van der Waals surface area (Å²) >= 11 is 0. The van der Waals surface area contributed by atoms with Gasteiger partial charge in [-0.2, -0.15) is 14.0 Å². The zero-order valence-electron chi connectivity index (χ0n) is 13.8. The number of alkyl halides is 2. The molecular formula is C19H15F2N3O2. The van der Waals surface area contributed by atoms with E-state index in [0.29, 0.717) is 39.7 Å². The molecule has 0 fully saturated rings. The average Bonchev–Trinajstić information content (AvgIpc) is 2.99. The number of carbonyl (C=O) groups is 1. The van der Waals surface area contributed by atoms with Crippen LogP contribution in [0.4, 0.5) is 8.78 Å². The van der Waals surface area contributed by atoms with Gasteiger partial charge in [-0.1, -0.05) is 19.1 Å². The quantitative estimate of drug-likeness (QED) is 0.725. The Morgan fingerprint density at radius 3 is 2.54 bits per heavy atom. The number of aryl methyl sites for hydroxylation is 1. The fourth-order valence-electron chi connectivity index (χ4n) is 2.97. The van der Waals surface area contributed by atoms with Crippen molar-refractivity contribution >= 4 is 16.8 Å². The summed E-state index contributed by atoms with van der Waals surface area (Å²) < 4.78 is 29.6. The monoisotopic (exact) mass is 355 g/mol. The molecule has 0 spiro atoms. The zero-order valence-corrected chi connectivity index (χ0v) is 13.8. The van der Waals surface area contributed by atoms with E-state index in [1.807, 2.05) is 6.92 Å². The van der Waals surface area contributed by atoms with Crippen molar-refractivity contribution in [2.24, 2.45) is 5.73 Å². The van der Waals surface area contributed by atoms with Gasteiger partial charge < -0.3 is 15.5 Å². The first-order chi connectivity index (χ1) is 12.4. The van der Waals surface area contributed by atoms with E-state index in [-0.39, 0.29) is 5.75 Å². The van der Waals surface area contributed by atoms with Crippen LogP contribution in [0.5, 0.6) is 5.75 Å². The highest BCUT2D eigenvalue weighted by molar-refractivity contribution is 5.97. The summed E-state index contributed by atoms with van der Waals surface area (Å²) in [6.07, 6.45) is 0.545. The van der Waals surface area contributed by atoms with E-state index in [9.17, 15) is 18.8 Å². The Balaban J connectivity index is 2.20. The maximum Gasteiger partial charge on any atom is 0.387 e. The number of amides is 1. The van der Waals surface area contributed by atoms with Gasteiger partial charge in [0.1, 0.15) is 11.8 Å². The lowest BCUT2D eigenvalue weighted by Crippen LogP contribution is -2.10. The number of H-pyrrole nitrogens is 1. The van der Waals surface area contributed by atoms with Crippen LogP contribution < -0.4 is 10.5 Å². The van der Waals surface area contributed by atoms with Crippen LogP contribution in [0.1, 0.15) is 28.4 Å². The molecule has 1 heterocycles. The Morgan fingerprint density at radius 1 is 1.31 bits per heavy atom. The lowest BCUT2D eigenvalue weighted by atomic mass is 10.0. The van der Waals surface area contributed by atoms with Gasteiger partial charge in [0.05, 0.1) is 16.8 Å². The molecule has 0 aliphatic carbocycles. The molecule has 3 N–H and O–H groups in total. The van der Waals surface area contributed by atoms with Crippen LogP contribution in [-0.4, -0.2) is 17.5 Å². The Hall–Kier alpha value is -3.40. The standard InChI is InChI=1S/C19H15F2N3O2/c1-2-10-7-13(26-19(20)21)8-15-16(10)14(9-22)17(24-15)11-3-5-12(6-4-11)18(23)25/h3-8,19,24H,2H2,1H3,(H2,23,25). The molecule has 7 heteroatoms. The maximum atomic E-state index is 12.6. The normalized spacial score (nSPS) is 10.9. The molecule has 0 saturated carbocycles. The summed E-state index contributed by atoms with van der Waals surface area (Å²) in [5, 5.41) is 10.3. The third kappa shape index (κ3) is 3.09. The van der Waals surface area contributed by atoms with E-state index in [1.165, 1.54) is 12.1 Å². The van der Waals surface area contributed by atoms with Crippen molar-refractivity contribution in [2.45, 2.75) is 20.0 Å². The van der Waals surface area contributed by atoms with Crippen LogP contribution in [0.2, 0.25) is 0 Å². The number of benzene rings is 2. The molecule has 0 bridgehead atoms. The number of nitrogens with one attached hydrogen (secondary N) is 1. The van der Waals surface area contributed by atoms with Gasteiger partial charge in [-0.3, -0.25) is 4.79 Å². The lowest BCUT2D eigenvalue weighted by Gasteiger charge is -2.07. The van der Waals surface area contributed by atoms with Gasteiger partial charge in [-0.25, -0.2) is 0 Å². The molecule has 1 aromatic heterocycles. The Morgan fingerprint density at radius 2 is 2.00 bits per heavy atom. The highest BCUT2D eigenvalue weighted by atomic mass is 19.3. The van der Waals surface area contributed by atoms with Crippen molar-refractivity contribution in [1.82, 2.24) is 4.98 Å². The van der Waals surface area contributed by atoms with Crippen LogP contribution in [0, 0.1) is 11.3 Å². The molecule has 0 aliphatic rings. The zero-order chi connectivity index (χ0) is 18.8. The van der Waals surface area contributed by atoms with Gasteiger partial charge in [-0.15, -0.1) is 0 Å². The van der Waals surface area contributed by atoms with Gasteiger partial charge in [0, 0.05) is 17.0 Å². The summed E-state index contributed by atoms with van der Waals surface area (Å²) in [5.41, 5.74) is 8.49. The van der Waals surface area contributed by atoms with E-state index in [4.69, 9.17) is 5.73 Å². The molecule has 0 radical (unpaired) electrons. The molecule has 5 nitrogen and oxygen atoms in total. The van der Waals surface area contributed by atoms with Gasteiger partial charge in [0.25, 0.3) is 0 Å². The number of ether oxygens (including phenoxy) is 1. The molecule has 3 rings (SSSR count). The van der Waals surface area contributed by atoms with E-state index in [0.717, 1.165) is 5.56 Å². The molecule has 132 valence electrons. The van der Waals surface area contributed by atoms with Gasteiger partial charge >= 0.3 is 6.61 Å². The van der Waals surface area contributed by atoms with Gasteiger partial charge in [0.15, 0.2) is 0 Å². The van der Waals surface area contributed by atoms with Crippen LogP contribution >= 0.6 is 0 Å². The van der Waals surface area contributed by atoms with E-state index in [2.05, 4.69) is 15.8 Å². The topological polar surface area (TPSA) is 91.9 Å². The summed E-state index contributed by atoms with van der Waals surface area (Å²) in [4.78, 5) is 14.3. The highest BCUT2D eigenvalue weighted by Gasteiger charge is 2.18. The molecule has 0 saturated heterocycles. The number of hydrogen-bond acceptors (Lipinski definition) is 3. The van der Waals surface area contributed by atoms with Crippen molar-refractivity contribution in [3.05, 3.63) is 53.1 Å². The van der Waals surface area contributed by atoms with Crippen LogP contribution in [-0.2, 0) is 6.42 Å². The number of fused-ring (bicyclic) bond motifs is 1. The lowest BCUT2D eigenvalue weighted by molar-refractivity contribution is -0.0497. The molecule has 0 unspecified atom stereocenters. The minimum atomic E-state index is -2.93. The molecule has 2 aromatic carbocycles. The van der Waals surface area contributed by atoms with E-state index in [1.54, 1.807) is 24.3 Å². The number of halogens is 2. The SMILES string of the molecule is CCc1cc(OC(F)F)cc2[nH]c(-c3ccc(C(N)=O)cc3)c(C#N)c12. The van der Waals surface area contributed by atoms with E-state index < -0.39 is 12.5 Å². The highest BCUT2D eigenvalue weighted by Crippen LogP contribution is 2.35. The minimum Gasteiger partial charge on any atom is -0.435 e. The molecule has 3 aromatic rings.